The number of rotatable bonds is 4. The van der Waals surface area contributed by atoms with Crippen LogP contribution < -0.4 is 5.32 Å². The summed E-state index contributed by atoms with van der Waals surface area (Å²) in [7, 11) is 0. The first-order valence-electron chi connectivity index (χ1n) is 5.48. The van der Waals surface area contributed by atoms with E-state index in [9.17, 15) is 9.90 Å². The van der Waals surface area contributed by atoms with E-state index < -0.39 is 0 Å². The van der Waals surface area contributed by atoms with Gasteiger partial charge in [-0.3, -0.25) is 4.79 Å². The third-order valence-corrected chi connectivity index (χ3v) is 3.90. The SMILES string of the molecule is CSc1nnc(N=Nc2ccc(O)c(NC(C)=O)c2)s1. The van der Waals surface area contributed by atoms with Crippen LogP contribution in [0.2, 0.25) is 0 Å². The molecule has 0 bridgehead atoms. The van der Waals surface area contributed by atoms with Crippen molar-refractivity contribution in [1.82, 2.24) is 10.2 Å². The Kier molecular flexibility index (Phi) is 4.64. The van der Waals surface area contributed by atoms with Gasteiger partial charge < -0.3 is 10.4 Å². The molecule has 0 aliphatic rings. The maximum atomic E-state index is 11.0. The predicted octanol–water partition coefficient (Wildman–Crippen LogP) is 3.34. The van der Waals surface area contributed by atoms with Crippen LogP contribution >= 0.6 is 23.1 Å². The van der Waals surface area contributed by atoms with Gasteiger partial charge in [-0.2, -0.15) is 0 Å². The zero-order valence-electron chi connectivity index (χ0n) is 10.7. The van der Waals surface area contributed by atoms with Crippen molar-refractivity contribution in [3.63, 3.8) is 0 Å². The quantitative estimate of drug-likeness (QED) is 0.512. The molecule has 20 heavy (non-hydrogen) atoms. The van der Waals surface area contributed by atoms with E-state index in [0.717, 1.165) is 4.34 Å². The number of thioether (sulfide) groups is 1. The summed E-state index contributed by atoms with van der Waals surface area (Å²) in [6, 6.07) is 4.55. The number of nitrogens with one attached hydrogen (secondary N) is 1. The maximum absolute atomic E-state index is 11.0. The molecular formula is C11H11N5O2S2. The Morgan fingerprint density at radius 2 is 2.20 bits per heavy atom. The van der Waals surface area contributed by atoms with Crippen LogP contribution in [0.3, 0.4) is 0 Å². The van der Waals surface area contributed by atoms with Crippen LogP contribution in [0.25, 0.3) is 0 Å². The Balaban J connectivity index is 2.18. The Morgan fingerprint density at radius 3 is 2.85 bits per heavy atom. The highest BCUT2D eigenvalue weighted by molar-refractivity contribution is 8.00. The molecule has 0 radical (unpaired) electrons. The summed E-state index contributed by atoms with van der Waals surface area (Å²) < 4.78 is 0.809. The van der Waals surface area contributed by atoms with E-state index in [1.165, 1.54) is 42.2 Å². The van der Waals surface area contributed by atoms with Gasteiger partial charge in [-0.15, -0.1) is 20.4 Å². The van der Waals surface area contributed by atoms with E-state index in [1.54, 1.807) is 6.07 Å². The molecule has 0 unspecified atom stereocenters. The minimum absolute atomic E-state index is 0.0280. The highest BCUT2D eigenvalue weighted by atomic mass is 32.2. The van der Waals surface area contributed by atoms with Crippen molar-refractivity contribution in [2.24, 2.45) is 10.2 Å². The van der Waals surface area contributed by atoms with Crippen molar-refractivity contribution in [3.05, 3.63) is 18.2 Å². The third kappa shape index (κ3) is 3.75. The van der Waals surface area contributed by atoms with E-state index in [2.05, 4.69) is 25.7 Å². The minimum atomic E-state index is -0.275. The average molecular weight is 309 g/mol. The molecule has 104 valence electrons. The van der Waals surface area contributed by atoms with Gasteiger partial charge in [0.2, 0.25) is 5.91 Å². The molecule has 0 saturated carbocycles. The van der Waals surface area contributed by atoms with Crippen molar-refractivity contribution in [2.45, 2.75) is 11.3 Å². The van der Waals surface area contributed by atoms with Gasteiger partial charge in [-0.1, -0.05) is 23.1 Å². The number of azo groups is 1. The number of amides is 1. The molecule has 0 fully saturated rings. The topological polar surface area (TPSA) is 99.8 Å². The fourth-order valence-electron chi connectivity index (χ4n) is 1.30. The fourth-order valence-corrected chi connectivity index (χ4v) is 2.38. The Bertz CT molecular complexity index is 656. The number of carbonyl (C=O) groups is 1. The first-order chi connectivity index (χ1) is 9.58. The Hall–Kier alpha value is -2.00. The number of aromatic hydroxyl groups is 1. The van der Waals surface area contributed by atoms with E-state index in [0.29, 0.717) is 10.8 Å². The lowest BCUT2D eigenvalue weighted by Gasteiger charge is -2.04. The van der Waals surface area contributed by atoms with Crippen LogP contribution in [0.4, 0.5) is 16.5 Å². The van der Waals surface area contributed by atoms with Crippen molar-refractivity contribution >= 4 is 45.5 Å². The number of benzene rings is 1. The molecule has 0 atom stereocenters. The second kappa shape index (κ2) is 6.44. The lowest BCUT2D eigenvalue weighted by molar-refractivity contribution is -0.114. The molecule has 1 heterocycles. The molecule has 1 amide bonds. The number of phenols is 1. The Labute approximate surface area is 123 Å². The highest BCUT2D eigenvalue weighted by Crippen LogP contribution is 2.30. The smallest absolute Gasteiger partial charge is 0.252 e. The van der Waals surface area contributed by atoms with Gasteiger partial charge in [0.1, 0.15) is 5.75 Å². The van der Waals surface area contributed by atoms with Gasteiger partial charge in [-0.05, 0) is 24.5 Å². The zero-order valence-corrected chi connectivity index (χ0v) is 12.3. The number of hydrogen-bond acceptors (Lipinski definition) is 8. The summed E-state index contributed by atoms with van der Waals surface area (Å²) >= 11 is 2.82. The molecule has 0 aliphatic carbocycles. The first kappa shape index (κ1) is 14.4. The number of aromatic nitrogens is 2. The molecule has 0 aliphatic heterocycles. The largest absolute Gasteiger partial charge is 0.506 e. The lowest BCUT2D eigenvalue weighted by atomic mass is 10.2. The second-order valence-electron chi connectivity index (χ2n) is 3.64. The summed E-state index contributed by atoms with van der Waals surface area (Å²) in [6.07, 6.45) is 1.90. The van der Waals surface area contributed by atoms with Gasteiger partial charge in [0.05, 0.1) is 11.4 Å². The average Bonchev–Trinajstić information content (AvgIpc) is 2.87. The molecular weight excluding hydrogens is 298 g/mol. The predicted molar refractivity (Wildman–Crippen MR) is 78.3 cm³/mol. The highest BCUT2D eigenvalue weighted by Gasteiger charge is 2.05. The van der Waals surface area contributed by atoms with Crippen LogP contribution in [0, 0.1) is 0 Å². The standard InChI is InChI=1S/C11H11N5O2S2/c1-6(17)12-8-5-7(3-4-9(8)18)13-14-10-15-16-11(19-2)20-10/h3-5,18H,1-2H3,(H,12,17). The fraction of sp³-hybridized carbons (Fsp3) is 0.182. The van der Waals surface area contributed by atoms with E-state index >= 15 is 0 Å². The first-order valence-corrected chi connectivity index (χ1v) is 7.52. The van der Waals surface area contributed by atoms with Gasteiger partial charge in [0.25, 0.3) is 5.13 Å². The van der Waals surface area contributed by atoms with E-state index in [1.807, 2.05) is 6.26 Å². The van der Waals surface area contributed by atoms with Crippen molar-refractivity contribution in [2.75, 3.05) is 11.6 Å². The van der Waals surface area contributed by atoms with E-state index in [-0.39, 0.29) is 17.3 Å². The summed E-state index contributed by atoms with van der Waals surface area (Å²) in [5, 5.41) is 28.3. The molecule has 1 aromatic heterocycles. The molecule has 2 N–H and O–H groups in total. The number of anilines is 1. The third-order valence-electron chi connectivity index (χ3n) is 2.11. The molecule has 9 heteroatoms. The van der Waals surface area contributed by atoms with Crippen molar-refractivity contribution in [1.29, 1.82) is 0 Å². The maximum Gasteiger partial charge on any atom is 0.252 e. The summed E-state index contributed by atoms with van der Waals surface area (Å²) in [6.45, 7) is 1.36. The molecule has 2 aromatic rings. The van der Waals surface area contributed by atoms with Crippen LogP contribution in [0.15, 0.2) is 32.8 Å². The molecule has 7 nitrogen and oxygen atoms in total. The number of hydrogen-bond donors (Lipinski definition) is 2. The monoisotopic (exact) mass is 309 g/mol. The van der Waals surface area contributed by atoms with Crippen LogP contribution in [0.5, 0.6) is 5.75 Å². The van der Waals surface area contributed by atoms with Gasteiger partial charge in [-0.25, -0.2) is 0 Å². The summed E-state index contributed by atoms with van der Waals surface area (Å²) in [5.41, 5.74) is 0.781. The van der Waals surface area contributed by atoms with Crippen LogP contribution in [0.1, 0.15) is 6.92 Å². The lowest BCUT2D eigenvalue weighted by Crippen LogP contribution is -2.05. The molecule has 0 saturated heterocycles. The molecule has 0 spiro atoms. The van der Waals surface area contributed by atoms with Gasteiger partial charge in [0, 0.05) is 6.92 Å². The summed E-state index contributed by atoms with van der Waals surface area (Å²) in [4.78, 5) is 11.0. The normalized spacial score (nSPS) is 10.9. The Morgan fingerprint density at radius 1 is 1.40 bits per heavy atom. The van der Waals surface area contributed by atoms with Crippen molar-refractivity contribution < 1.29 is 9.90 Å². The van der Waals surface area contributed by atoms with Crippen molar-refractivity contribution in [3.8, 4) is 5.75 Å². The van der Waals surface area contributed by atoms with E-state index in [4.69, 9.17) is 0 Å². The number of phenolic OH excluding ortho intramolecular Hbond substituents is 1. The zero-order chi connectivity index (χ0) is 14.5. The minimum Gasteiger partial charge on any atom is -0.506 e. The summed E-state index contributed by atoms with van der Waals surface area (Å²) in [5.74, 6) is -0.303. The molecule has 1 aromatic carbocycles. The van der Waals surface area contributed by atoms with Crippen LogP contribution in [-0.2, 0) is 4.79 Å². The molecule has 2 rings (SSSR count). The van der Waals surface area contributed by atoms with Gasteiger partial charge >= 0.3 is 0 Å². The number of nitrogens with zero attached hydrogens (tertiary/aromatic N) is 4. The van der Waals surface area contributed by atoms with Crippen LogP contribution in [-0.4, -0.2) is 27.5 Å². The second-order valence-corrected chi connectivity index (χ2v) is 5.65. The number of carbonyl (C=O) groups excluding carboxylic acids is 1. The van der Waals surface area contributed by atoms with Gasteiger partial charge in [0.15, 0.2) is 4.34 Å².